The first-order chi connectivity index (χ1) is 11.2. The molecule has 0 bridgehead atoms. The van der Waals surface area contributed by atoms with Crippen molar-refractivity contribution in [2.24, 2.45) is 0 Å². The minimum Gasteiger partial charge on any atom is -0.355 e. The Morgan fingerprint density at radius 1 is 1.17 bits per heavy atom. The quantitative estimate of drug-likeness (QED) is 0.919. The number of nitrogens with zero attached hydrogens (tertiary/aromatic N) is 1. The van der Waals surface area contributed by atoms with Gasteiger partial charge in [-0.15, -0.1) is 0 Å². The highest BCUT2D eigenvalue weighted by Gasteiger charge is 2.36. The first-order valence-electron chi connectivity index (χ1n) is 8.10. The second-order valence-electron chi connectivity index (χ2n) is 6.31. The van der Waals surface area contributed by atoms with Crippen LogP contribution in [0.2, 0.25) is 0 Å². The molecule has 0 atom stereocenters. The summed E-state index contributed by atoms with van der Waals surface area (Å²) in [4.78, 5) is 16.2. The number of rotatable bonds is 5. The fourth-order valence-electron chi connectivity index (χ4n) is 3.45. The summed E-state index contributed by atoms with van der Waals surface area (Å²) in [6.45, 7) is 0.570. The maximum atomic E-state index is 13.6. The van der Waals surface area contributed by atoms with Crippen LogP contribution in [0, 0.1) is 5.82 Å². The number of hydrogen-bond acceptors (Lipinski definition) is 2. The van der Waals surface area contributed by atoms with E-state index in [0.29, 0.717) is 13.0 Å². The minimum absolute atomic E-state index is 0.00104. The second kappa shape index (κ2) is 6.90. The summed E-state index contributed by atoms with van der Waals surface area (Å²) < 4.78 is 13.6. The van der Waals surface area contributed by atoms with Crippen molar-refractivity contribution in [3.63, 3.8) is 0 Å². The van der Waals surface area contributed by atoms with E-state index in [-0.39, 0.29) is 17.1 Å². The zero-order valence-corrected chi connectivity index (χ0v) is 13.1. The van der Waals surface area contributed by atoms with E-state index in [1.165, 1.54) is 6.07 Å². The summed E-state index contributed by atoms with van der Waals surface area (Å²) in [6.07, 6.45) is 7.95. The summed E-state index contributed by atoms with van der Waals surface area (Å²) in [5.41, 5.74) is 1.82. The highest BCUT2D eigenvalue weighted by molar-refractivity contribution is 5.78. The van der Waals surface area contributed by atoms with E-state index in [4.69, 9.17) is 0 Å². The molecule has 4 heteroatoms. The molecule has 1 N–H and O–H groups in total. The largest absolute Gasteiger partial charge is 0.355 e. The Morgan fingerprint density at radius 3 is 2.61 bits per heavy atom. The maximum Gasteiger partial charge on any atom is 0.224 e. The number of hydrogen-bond donors (Lipinski definition) is 1. The third kappa shape index (κ3) is 3.76. The van der Waals surface area contributed by atoms with Crippen LogP contribution in [0.15, 0.2) is 48.8 Å². The van der Waals surface area contributed by atoms with Gasteiger partial charge in [0.05, 0.1) is 6.42 Å². The van der Waals surface area contributed by atoms with Gasteiger partial charge in [-0.1, -0.05) is 25.0 Å². The van der Waals surface area contributed by atoms with E-state index >= 15 is 0 Å². The average molecular weight is 312 g/mol. The summed E-state index contributed by atoms with van der Waals surface area (Å²) in [6, 6.07) is 10.5. The van der Waals surface area contributed by atoms with Gasteiger partial charge in [0.15, 0.2) is 0 Å². The highest BCUT2D eigenvalue weighted by atomic mass is 19.1. The zero-order chi connectivity index (χ0) is 16.1. The van der Waals surface area contributed by atoms with Crippen molar-refractivity contribution in [1.29, 1.82) is 0 Å². The Balaban J connectivity index is 1.67. The first kappa shape index (κ1) is 15.7. The Kier molecular flexibility index (Phi) is 4.70. The normalized spacial score (nSPS) is 16.2. The van der Waals surface area contributed by atoms with Gasteiger partial charge in [-0.05, 0) is 48.2 Å². The van der Waals surface area contributed by atoms with Gasteiger partial charge in [0.25, 0.3) is 0 Å². The van der Waals surface area contributed by atoms with Gasteiger partial charge in [-0.25, -0.2) is 4.39 Å². The Bertz CT molecular complexity index is 666. The number of carbonyl (C=O) groups excluding carboxylic acids is 1. The van der Waals surface area contributed by atoms with Crippen molar-refractivity contribution >= 4 is 5.91 Å². The lowest BCUT2D eigenvalue weighted by Crippen LogP contribution is -2.39. The number of pyridine rings is 1. The van der Waals surface area contributed by atoms with Crippen molar-refractivity contribution < 1.29 is 9.18 Å². The molecule has 3 rings (SSSR count). The molecule has 0 radical (unpaired) electrons. The fourth-order valence-corrected chi connectivity index (χ4v) is 3.45. The molecule has 1 fully saturated rings. The van der Waals surface area contributed by atoms with Crippen LogP contribution in [-0.4, -0.2) is 17.4 Å². The van der Waals surface area contributed by atoms with E-state index in [0.717, 1.165) is 36.8 Å². The zero-order valence-electron chi connectivity index (χ0n) is 13.1. The number of benzene rings is 1. The van der Waals surface area contributed by atoms with Gasteiger partial charge in [0, 0.05) is 24.4 Å². The van der Waals surface area contributed by atoms with Gasteiger partial charge < -0.3 is 5.32 Å². The minimum atomic E-state index is -0.211. The fraction of sp³-hybridized carbons (Fsp3) is 0.368. The van der Waals surface area contributed by atoms with Crippen LogP contribution in [0.1, 0.15) is 36.8 Å². The van der Waals surface area contributed by atoms with E-state index < -0.39 is 0 Å². The first-order valence-corrected chi connectivity index (χ1v) is 8.10. The van der Waals surface area contributed by atoms with Crippen LogP contribution >= 0.6 is 0 Å². The second-order valence-corrected chi connectivity index (χ2v) is 6.31. The molecule has 3 nitrogen and oxygen atoms in total. The van der Waals surface area contributed by atoms with Crippen LogP contribution in [-0.2, 0) is 16.6 Å². The van der Waals surface area contributed by atoms with Crippen molar-refractivity contribution in [3.05, 3.63) is 65.7 Å². The molecule has 0 spiro atoms. The molecule has 1 aromatic heterocycles. The van der Waals surface area contributed by atoms with Crippen LogP contribution < -0.4 is 5.32 Å². The van der Waals surface area contributed by atoms with Gasteiger partial charge in [0.2, 0.25) is 5.91 Å². The SMILES string of the molecule is O=C(Cc1ccncc1)NCC1(c2cccc(F)c2)CCCC1. The molecular weight excluding hydrogens is 291 g/mol. The van der Waals surface area contributed by atoms with E-state index in [2.05, 4.69) is 10.3 Å². The van der Waals surface area contributed by atoms with E-state index in [1.54, 1.807) is 24.5 Å². The average Bonchev–Trinajstić information content (AvgIpc) is 3.04. The van der Waals surface area contributed by atoms with Gasteiger partial charge in [0.1, 0.15) is 5.82 Å². The topological polar surface area (TPSA) is 42.0 Å². The predicted molar refractivity (Wildman–Crippen MR) is 87.5 cm³/mol. The monoisotopic (exact) mass is 312 g/mol. The highest BCUT2D eigenvalue weighted by Crippen LogP contribution is 2.40. The Morgan fingerprint density at radius 2 is 1.91 bits per heavy atom. The lowest BCUT2D eigenvalue weighted by Gasteiger charge is -2.30. The van der Waals surface area contributed by atoms with Gasteiger partial charge in [-0.3, -0.25) is 9.78 Å². The smallest absolute Gasteiger partial charge is 0.224 e. The molecule has 0 unspecified atom stereocenters. The maximum absolute atomic E-state index is 13.6. The molecule has 120 valence electrons. The lowest BCUT2D eigenvalue weighted by molar-refractivity contribution is -0.120. The van der Waals surface area contributed by atoms with Gasteiger partial charge >= 0.3 is 0 Å². The molecule has 1 aliphatic rings. The molecule has 0 saturated heterocycles. The van der Waals surface area contributed by atoms with Crippen LogP contribution in [0.4, 0.5) is 4.39 Å². The third-order valence-electron chi connectivity index (χ3n) is 4.74. The number of halogens is 1. The molecular formula is C19H21FN2O. The van der Waals surface area contributed by atoms with Gasteiger partial charge in [-0.2, -0.15) is 0 Å². The summed E-state index contributed by atoms with van der Waals surface area (Å²) in [5, 5.41) is 3.05. The summed E-state index contributed by atoms with van der Waals surface area (Å²) >= 11 is 0. The van der Waals surface area contributed by atoms with Crippen LogP contribution in [0.5, 0.6) is 0 Å². The number of aromatic nitrogens is 1. The molecule has 1 amide bonds. The number of nitrogens with one attached hydrogen (secondary N) is 1. The molecule has 23 heavy (non-hydrogen) atoms. The molecule has 1 heterocycles. The lowest BCUT2D eigenvalue weighted by atomic mass is 9.78. The van der Waals surface area contributed by atoms with E-state index in [9.17, 15) is 9.18 Å². The predicted octanol–water partition coefficient (Wildman–Crippen LogP) is 3.39. The number of carbonyl (C=O) groups is 1. The van der Waals surface area contributed by atoms with Crippen LogP contribution in [0.3, 0.4) is 0 Å². The van der Waals surface area contributed by atoms with Crippen molar-refractivity contribution in [2.75, 3.05) is 6.54 Å². The molecule has 1 aromatic carbocycles. The van der Waals surface area contributed by atoms with Crippen molar-refractivity contribution in [3.8, 4) is 0 Å². The van der Waals surface area contributed by atoms with Crippen molar-refractivity contribution in [1.82, 2.24) is 10.3 Å². The molecule has 0 aliphatic heterocycles. The molecule has 1 aliphatic carbocycles. The Hall–Kier alpha value is -2.23. The van der Waals surface area contributed by atoms with E-state index in [1.807, 2.05) is 18.2 Å². The number of amides is 1. The summed E-state index contributed by atoms with van der Waals surface area (Å²) in [5.74, 6) is -0.212. The van der Waals surface area contributed by atoms with Crippen LogP contribution in [0.25, 0.3) is 0 Å². The van der Waals surface area contributed by atoms with Crippen molar-refractivity contribution in [2.45, 2.75) is 37.5 Å². The Labute approximate surface area is 135 Å². The molecule has 2 aromatic rings. The third-order valence-corrected chi connectivity index (χ3v) is 4.74. The summed E-state index contributed by atoms with van der Waals surface area (Å²) in [7, 11) is 0. The molecule has 1 saturated carbocycles. The standard InChI is InChI=1S/C19H21FN2O/c20-17-5-3-4-16(13-17)19(8-1-2-9-19)14-22-18(23)12-15-6-10-21-11-7-15/h3-7,10-11,13H,1-2,8-9,12,14H2,(H,22,23).